The standard InChI is InChI=1S/C26H17F3N6O2/c1-34-21-14-31-20-7-5-15(16-6-8-22(32-13-16)33-23(36)9-10-30)11-19(20)24(21)35(25(34)37)18-4-2-3-17(12-18)26(27,28)29/h2-8,11-14H,9H2,1H3,(H,32,33,36). The number of nitrogens with one attached hydrogen (secondary N) is 1. The second-order valence-corrected chi connectivity index (χ2v) is 8.26. The Morgan fingerprint density at radius 1 is 1.05 bits per heavy atom. The van der Waals surface area contributed by atoms with Crippen molar-refractivity contribution in [3.63, 3.8) is 0 Å². The summed E-state index contributed by atoms with van der Waals surface area (Å²) < 4.78 is 42.8. The van der Waals surface area contributed by atoms with Gasteiger partial charge in [-0.2, -0.15) is 18.4 Å². The molecule has 0 saturated carbocycles. The first-order chi connectivity index (χ1) is 17.7. The zero-order chi connectivity index (χ0) is 26.3. The van der Waals surface area contributed by atoms with Crippen molar-refractivity contribution < 1.29 is 18.0 Å². The molecule has 0 aliphatic heterocycles. The lowest BCUT2D eigenvalue weighted by Gasteiger charge is -2.11. The number of nitrogens with zero attached hydrogens (tertiary/aromatic N) is 5. The van der Waals surface area contributed by atoms with E-state index in [1.807, 2.05) is 6.07 Å². The molecule has 5 aromatic rings. The molecular formula is C26H17F3N6O2. The third kappa shape index (κ3) is 4.29. The summed E-state index contributed by atoms with van der Waals surface area (Å²) in [5.74, 6) is -0.186. The normalized spacial score (nSPS) is 11.5. The smallest absolute Gasteiger partial charge is 0.310 e. The maximum atomic E-state index is 13.4. The lowest BCUT2D eigenvalue weighted by Crippen LogP contribution is -2.21. The minimum Gasteiger partial charge on any atom is -0.310 e. The maximum absolute atomic E-state index is 13.4. The van der Waals surface area contributed by atoms with Gasteiger partial charge in [-0.3, -0.25) is 18.9 Å². The summed E-state index contributed by atoms with van der Waals surface area (Å²) in [5, 5.41) is 11.7. The van der Waals surface area contributed by atoms with Crippen molar-refractivity contribution in [3.05, 3.63) is 83.0 Å². The van der Waals surface area contributed by atoms with E-state index in [2.05, 4.69) is 15.3 Å². The molecule has 3 aromatic heterocycles. The van der Waals surface area contributed by atoms with Gasteiger partial charge in [0.1, 0.15) is 12.2 Å². The number of nitriles is 1. The number of pyridine rings is 2. The number of anilines is 1. The van der Waals surface area contributed by atoms with Gasteiger partial charge in [0.25, 0.3) is 0 Å². The molecule has 3 heterocycles. The topological polar surface area (TPSA) is 106 Å². The molecule has 0 aliphatic carbocycles. The Morgan fingerprint density at radius 2 is 1.84 bits per heavy atom. The average molecular weight is 502 g/mol. The summed E-state index contributed by atoms with van der Waals surface area (Å²) in [4.78, 5) is 33.4. The van der Waals surface area contributed by atoms with Crippen LogP contribution in [-0.4, -0.2) is 25.0 Å². The van der Waals surface area contributed by atoms with E-state index < -0.39 is 23.3 Å². The molecular weight excluding hydrogens is 485 g/mol. The molecule has 0 aliphatic rings. The van der Waals surface area contributed by atoms with Crippen molar-refractivity contribution in [3.8, 4) is 22.9 Å². The largest absolute Gasteiger partial charge is 0.416 e. The van der Waals surface area contributed by atoms with Crippen LogP contribution in [0.25, 0.3) is 38.8 Å². The van der Waals surface area contributed by atoms with Crippen molar-refractivity contribution >= 4 is 33.7 Å². The lowest BCUT2D eigenvalue weighted by molar-refractivity contribution is -0.137. The van der Waals surface area contributed by atoms with Crippen LogP contribution in [0, 0.1) is 11.3 Å². The Labute approximate surface area is 207 Å². The van der Waals surface area contributed by atoms with E-state index in [1.165, 1.54) is 34.5 Å². The first-order valence-electron chi connectivity index (χ1n) is 11.0. The van der Waals surface area contributed by atoms with Crippen molar-refractivity contribution in [2.24, 2.45) is 7.05 Å². The number of carbonyl (C=O) groups is 1. The van der Waals surface area contributed by atoms with Crippen molar-refractivity contribution in [1.82, 2.24) is 19.1 Å². The molecule has 2 aromatic carbocycles. The van der Waals surface area contributed by atoms with Gasteiger partial charge in [-0.1, -0.05) is 12.1 Å². The number of amides is 1. The molecule has 0 bridgehead atoms. The third-order valence-corrected chi connectivity index (χ3v) is 5.92. The quantitative estimate of drug-likeness (QED) is 0.380. The molecule has 0 atom stereocenters. The van der Waals surface area contributed by atoms with E-state index in [0.29, 0.717) is 27.5 Å². The Kier molecular flexibility index (Phi) is 5.72. The predicted molar refractivity (Wildman–Crippen MR) is 131 cm³/mol. The van der Waals surface area contributed by atoms with E-state index in [9.17, 15) is 22.8 Å². The highest BCUT2D eigenvalue weighted by Gasteiger charge is 2.31. The van der Waals surface area contributed by atoms with Gasteiger partial charge < -0.3 is 5.32 Å². The number of aromatic nitrogens is 4. The van der Waals surface area contributed by atoms with E-state index in [1.54, 1.807) is 36.5 Å². The third-order valence-electron chi connectivity index (χ3n) is 5.92. The number of benzene rings is 2. The van der Waals surface area contributed by atoms with Crippen LogP contribution in [0.4, 0.5) is 19.0 Å². The molecule has 11 heteroatoms. The van der Waals surface area contributed by atoms with Gasteiger partial charge >= 0.3 is 11.9 Å². The molecule has 0 fully saturated rings. The highest BCUT2D eigenvalue weighted by Crippen LogP contribution is 2.33. The van der Waals surface area contributed by atoms with E-state index in [4.69, 9.17) is 5.26 Å². The summed E-state index contributed by atoms with van der Waals surface area (Å²) in [7, 11) is 1.54. The Balaban J connectivity index is 1.67. The summed E-state index contributed by atoms with van der Waals surface area (Å²) in [6.07, 6.45) is -1.79. The van der Waals surface area contributed by atoms with Gasteiger partial charge in [-0.25, -0.2) is 9.78 Å². The second-order valence-electron chi connectivity index (χ2n) is 8.26. The Bertz CT molecular complexity index is 1780. The number of aryl methyl sites for hydroxylation is 1. The molecule has 37 heavy (non-hydrogen) atoms. The minimum absolute atomic E-state index is 0.0856. The zero-order valence-electron chi connectivity index (χ0n) is 19.2. The van der Waals surface area contributed by atoms with Crippen LogP contribution < -0.4 is 11.0 Å². The maximum Gasteiger partial charge on any atom is 0.416 e. The predicted octanol–water partition coefficient (Wildman–Crippen LogP) is 4.81. The fourth-order valence-electron chi connectivity index (χ4n) is 4.14. The first-order valence-corrected chi connectivity index (χ1v) is 11.0. The summed E-state index contributed by atoms with van der Waals surface area (Å²) in [6, 6.07) is 15.1. The average Bonchev–Trinajstić information content (AvgIpc) is 3.14. The number of alkyl halides is 3. The highest BCUT2D eigenvalue weighted by molar-refractivity contribution is 6.04. The van der Waals surface area contributed by atoms with Crippen molar-refractivity contribution in [1.29, 1.82) is 5.26 Å². The van der Waals surface area contributed by atoms with Gasteiger partial charge in [0.2, 0.25) is 5.91 Å². The highest BCUT2D eigenvalue weighted by atomic mass is 19.4. The van der Waals surface area contributed by atoms with Gasteiger partial charge in [-0.15, -0.1) is 0 Å². The second kappa shape index (κ2) is 8.91. The molecule has 0 unspecified atom stereocenters. The molecule has 1 N–H and O–H groups in total. The lowest BCUT2D eigenvalue weighted by atomic mass is 10.0. The monoisotopic (exact) mass is 502 g/mol. The van der Waals surface area contributed by atoms with Crippen LogP contribution in [0.5, 0.6) is 0 Å². The van der Waals surface area contributed by atoms with E-state index in [0.717, 1.165) is 17.7 Å². The molecule has 8 nitrogen and oxygen atoms in total. The number of hydrogen-bond acceptors (Lipinski definition) is 5. The number of carbonyl (C=O) groups excluding carboxylic acids is 1. The van der Waals surface area contributed by atoms with E-state index >= 15 is 0 Å². The van der Waals surface area contributed by atoms with Gasteiger partial charge in [0.15, 0.2) is 0 Å². The van der Waals surface area contributed by atoms with Gasteiger partial charge in [-0.05, 0) is 48.0 Å². The number of halogens is 3. The summed E-state index contributed by atoms with van der Waals surface area (Å²) in [5.41, 5.74) is 1.57. The Hall–Kier alpha value is -4.98. The van der Waals surface area contributed by atoms with Crippen LogP contribution in [-0.2, 0) is 18.0 Å². The van der Waals surface area contributed by atoms with Crippen molar-refractivity contribution in [2.75, 3.05) is 5.32 Å². The number of imidazole rings is 1. The summed E-state index contributed by atoms with van der Waals surface area (Å²) >= 11 is 0. The number of rotatable bonds is 4. The van der Waals surface area contributed by atoms with Crippen LogP contribution in [0.3, 0.4) is 0 Å². The van der Waals surface area contributed by atoms with Crippen molar-refractivity contribution in [2.45, 2.75) is 12.6 Å². The molecule has 0 spiro atoms. The van der Waals surface area contributed by atoms with Gasteiger partial charge in [0.05, 0.1) is 40.1 Å². The molecule has 5 rings (SSSR count). The first kappa shape index (κ1) is 23.7. The fraction of sp³-hybridized carbons (Fsp3) is 0.115. The summed E-state index contributed by atoms with van der Waals surface area (Å²) in [6.45, 7) is 0. The van der Waals surface area contributed by atoms with Crippen LogP contribution in [0.2, 0.25) is 0 Å². The number of fused-ring (bicyclic) bond motifs is 3. The molecule has 1 amide bonds. The molecule has 184 valence electrons. The SMILES string of the molecule is Cn1c(=O)n(-c2cccc(C(F)(F)F)c2)c2c3cc(-c4ccc(NC(=O)CC#N)nc4)ccc3ncc21. The minimum atomic E-state index is -4.56. The molecule has 0 radical (unpaired) electrons. The van der Waals surface area contributed by atoms with Gasteiger partial charge in [0, 0.05) is 24.2 Å². The van der Waals surface area contributed by atoms with Crippen LogP contribution >= 0.6 is 0 Å². The van der Waals surface area contributed by atoms with E-state index in [-0.39, 0.29) is 17.9 Å². The van der Waals surface area contributed by atoms with Crippen LogP contribution in [0.1, 0.15) is 12.0 Å². The Morgan fingerprint density at radius 3 is 2.54 bits per heavy atom. The van der Waals surface area contributed by atoms with Crippen LogP contribution in [0.15, 0.2) is 71.8 Å². The number of hydrogen-bond donors (Lipinski definition) is 1. The molecule has 0 saturated heterocycles. The zero-order valence-corrected chi connectivity index (χ0v) is 19.2. The fourth-order valence-corrected chi connectivity index (χ4v) is 4.14.